The van der Waals surface area contributed by atoms with Crippen molar-refractivity contribution in [2.75, 3.05) is 0 Å². The molecule has 102 valence electrons. The molecule has 0 amide bonds. The lowest BCUT2D eigenvalue weighted by atomic mass is 10.2. The predicted molar refractivity (Wildman–Crippen MR) is 91.8 cm³/mol. The molecule has 0 fully saturated rings. The van der Waals surface area contributed by atoms with E-state index in [1.807, 2.05) is 43.3 Å². The van der Waals surface area contributed by atoms with Gasteiger partial charge in [-0.05, 0) is 31.2 Å². The van der Waals surface area contributed by atoms with Gasteiger partial charge in [0.15, 0.2) is 4.32 Å². The number of thiocarbonyl (C=S) groups is 1. The monoisotopic (exact) mass is 320 g/mol. The summed E-state index contributed by atoms with van der Waals surface area (Å²) in [6.07, 6.45) is 0. The molecule has 0 heterocycles. The quantitative estimate of drug-likeness (QED) is 0.385. The number of nitrogens with two attached hydrogens (primary N) is 1. The van der Waals surface area contributed by atoms with Gasteiger partial charge in [0, 0.05) is 15.5 Å². The SMILES string of the molecule is Cc1ccc(SC(=S)N=C(N)c2cccc(Cl)c2)cc1. The molecule has 0 radical (unpaired) electrons. The first-order valence-corrected chi connectivity index (χ1v) is 7.53. The molecule has 0 aliphatic carbocycles. The molecule has 0 saturated carbocycles. The Kier molecular flexibility index (Phi) is 5.17. The largest absolute Gasteiger partial charge is 0.383 e. The van der Waals surface area contributed by atoms with Crippen molar-refractivity contribution in [3.8, 4) is 0 Å². The average molecular weight is 321 g/mol. The van der Waals surface area contributed by atoms with Gasteiger partial charge in [-0.3, -0.25) is 0 Å². The third-order valence-electron chi connectivity index (χ3n) is 2.56. The number of nitrogens with zero attached hydrogens (tertiary/aromatic N) is 1. The van der Waals surface area contributed by atoms with E-state index in [-0.39, 0.29) is 0 Å². The van der Waals surface area contributed by atoms with E-state index < -0.39 is 0 Å². The van der Waals surface area contributed by atoms with E-state index in [2.05, 4.69) is 4.99 Å². The lowest BCUT2D eigenvalue weighted by molar-refractivity contribution is 1.38. The van der Waals surface area contributed by atoms with E-state index in [4.69, 9.17) is 29.6 Å². The van der Waals surface area contributed by atoms with Crippen molar-refractivity contribution >= 4 is 45.7 Å². The van der Waals surface area contributed by atoms with Gasteiger partial charge >= 0.3 is 0 Å². The first-order valence-electron chi connectivity index (χ1n) is 5.93. The standard InChI is InChI=1S/C15H13ClN2S2/c1-10-5-7-13(8-6-10)20-15(19)18-14(17)11-3-2-4-12(16)9-11/h2-9H,1H3,(H2,17,18,19). The minimum absolute atomic E-state index is 0.372. The second-order valence-electron chi connectivity index (χ2n) is 4.19. The summed E-state index contributed by atoms with van der Waals surface area (Å²) in [5, 5.41) is 0.623. The van der Waals surface area contributed by atoms with Crippen molar-refractivity contribution in [3.05, 3.63) is 64.7 Å². The number of amidine groups is 1. The zero-order valence-corrected chi connectivity index (χ0v) is 13.2. The molecule has 0 aliphatic rings. The highest BCUT2D eigenvalue weighted by molar-refractivity contribution is 8.23. The van der Waals surface area contributed by atoms with E-state index in [9.17, 15) is 0 Å². The Labute approximate surface area is 133 Å². The summed E-state index contributed by atoms with van der Waals surface area (Å²) in [7, 11) is 0. The van der Waals surface area contributed by atoms with Crippen LogP contribution < -0.4 is 5.73 Å². The van der Waals surface area contributed by atoms with E-state index in [0.717, 1.165) is 10.5 Å². The molecule has 0 unspecified atom stereocenters. The third-order valence-corrected chi connectivity index (χ3v) is 3.91. The van der Waals surface area contributed by atoms with Gasteiger partial charge < -0.3 is 5.73 Å². The lowest BCUT2D eigenvalue weighted by Gasteiger charge is -2.03. The molecule has 2 rings (SSSR count). The van der Waals surface area contributed by atoms with Gasteiger partial charge in [0.2, 0.25) is 0 Å². The van der Waals surface area contributed by atoms with Gasteiger partial charge in [0.25, 0.3) is 0 Å². The molecule has 5 heteroatoms. The van der Waals surface area contributed by atoms with Gasteiger partial charge in [-0.2, -0.15) is 0 Å². The summed E-state index contributed by atoms with van der Waals surface area (Å²) < 4.78 is 0.478. The van der Waals surface area contributed by atoms with Gasteiger partial charge in [-0.1, -0.05) is 65.4 Å². The van der Waals surface area contributed by atoms with Crippen LogP contribution in [-0.2, 0) is 0 Å². The van der Waals surface area contributed by atoms with Crippen LogP contribution in [0.5, 0.6) is 0 Å². The summed E-state index contributed by atoms with van der Waals surface area (Å²) in [4.78, 5) is 5.28. The number of thioether (sulfide) groups is 1. The van der Waals surface area contributed by atoms with Crippen molar-refractivity contribution in [2.24, 2.45) is 10.7 Å². The Morgan fingerprint density at radius 3 is 2.55 bits per heavy atom. The van der Waals surface area contributed by atoms with Crippen molar-refractivity contribution in [3.63, 3.8) is 0 Å². The summed E-state index contributed by atoms with van der Waals surface area (Å²) >= 11 is 12.6. The Morgan fingerprint density at radius 1 is 1.20 bits per heavy atom. The highest BCUT2D eigenvalue weighted by Crippen LogP contribution is 2.21. The van der Waals surface area contributed by atoms with Gasteiger partial charge in [-0.25, -0.2) is 4.99 Å². The molecule has 2 nitrogen and oxygen atoms in total. The van der Waals surface area contributed by atoms with Crippen LogP contribution in [-0.4, -0.2) is 10.2 Å². The highest BCUT2D eigenvalue weighted by Gasteiger charge is 2.03. The van der Waals surface area contributed by atoms with E-state index in [1.54, 1.807) is 12.1 Å². The molecule has 0 saturated heterocycles. The topological polar surface area (TPSA) is 38.4 Å². The summed E-state index contributed by atoms with van der Waals surface area (Å²) in [5.41, 5.74) is 7.91. The maximum absolute atomic E-state index is 5.93. The first kappa shape index (κ1) is 15.0. The number of halogens is 1. The predicted octanol–water partition coefficient (Wildman–Crippen LogP) is 4.43. The summed E-state index contributed by atoms with van der Waals surface area (Å²) in [5.74, 6) is 0.372. The van der Waals surface area contributed by atoms with E-state index >= 15 is 0 Å². The van der Waals surface area contributed by atoms with E-state index in [1.165, 1.54) is 17.3 Å². The van der Waals surface area contributed by atoms with Crippen LogP contribution in [0.3, 0.4) is 0 Å². The van der Waals surface area contributed by atoms with Crippen LogP contribution in [0, 0.1) is 6.92 Å². The number of hydrogen-bond acceptors (Lipinski definition) is 2. The average Bonchev–Trinajstić information content (AvgIpc) is 2.41. The molecule has 0 spiro atoms. The molecule has 0 aromatic heterocycles. The van der Waals surface area contributed by atoms with E-state index in [0.29, 0.717) is 15.2 Å². The lowest BCUT2D eigenvalue weighted by Crippen LogP contribution is -2.14. The van der Waals surface area contributed by atoms with Crippen LogP contribution >= 0.6 is 35.6 Å². The van der Waals surface area contributed by atoms with Crippen molar-refractivity contribution in [2.45, 2.75) is 11.8 Å². The molecule has 0 aliphatic heterocycles. The fourth-order valence-electron chi connectivity index (χ4n) is 1.54. The highest BCUT2D eigenvalue weighted by atomic mass is 35.5. The number of rotatable bonds is 2. The fourth-order valence-corrected chi connectivity index (χ4v) is 2.74. The maximum Gasteiger partial charge on any atom is 0.166 e. The van der Waals surface area contributed by atoms with Crippen LogP contribution in [0.2, 0.25) is 5.02 Å². The number of aliphatic imine (C=N–C) groups is 1. The second kappa shape index (κ2) is 6.88. The van der Waals surface area contributed by atoms with Crippen LogP contribution in [0.1, 0.15) is 11.1 Å². The number of benzene rings is 2. The smallest absolute Gasteiger partial charge is 0.166 e. The minimum Gasteiger partial charge on any atom is -0.383 e. The second-order valence-corrected chi connectivity index (χ2v) is 6.33. The van der Waals surface area contributed by atoms with Crippen LogP contribution in [0.15, 0.2) is 58.4 Å². The molecule has 2 N–H and O–H groups in total. The number of hydrogen-bond donors (Lipinski definition) is 1. The molecule has 0 atom stereocenters. The molecule has 0 bridgehead atoms. The summed E-state index contributed by atoms with van der Waals surface area (Å²) in [6.45, 7) is 2.04. The molecule has 2 aromatic rings. The molecule has 20 heavy (non-hydrogen) atoms. The summed E-state index contributed by atoms with van der Waals surface area (Å²) in [6, 6.07) is 15.3. The Bertz CT molecular complexity index is 651. The van der Waals surface area contributed by atoms with Crippen LogP contribution in [0.4, 0.5) is 0 Å². The third kappa shape index (κ3) is 4.34. The van der Waals surface area contributed by atoms with Gasteiger partial charge in [0.05, 0.1) is 0 Å². The van der Waals surface area contributed by atoms with Crippen LogP contribution in [0.25, 0.3) is 0 Å². The van der Waals surface area contributed by atoms with Crippen molar-refractivity contribution < 1.29 is 0 Å². The Balaban J connectivity index is 2.10. The maximum atomic E-state index is 5.93. The zero-order valence-electron chi connectivity index (χ0n) is 10.8. The Morgan fingerprint density at radius 2 is 1.90 bits per heavy atom. The normalized spacial score (nSPS) is 11.4. The molecular formula is C15H13ClN2S2. The van der Waals surface area contributed by atoms with Crippen molar-refractivity contribution in [1.82, 2.24) is 0 Å². The molecule has 2 aromatic carbocycles. The minimum atomic E-state index is 0.372. The Hall–Kier alpha value is -1.36. The van der Waals surface area contributed by atoms with Crippen molar-refractivity contribution in [1.29, 1.82) is 0 Å². The number of aryl methyl sites for hydroxylation is 1. The fraction of sp³-hybridized carbons (Fsp3) is 0.0667. The molecular weight excluding hydrogens is 308 g/mol. The first-order chi connectivity index (χ1) is 9.54. The zero-order chi connectivity index (χ0) is 14.5. The van der Waals surface area contributed by atoms with Gasteiger partial charge in [-0.15, -0.1) is 0 Å². The van der Waals surface area contributed by atoms with Gasteiger partial charge in [0.1, 0.15) is 5.84 Å².